The maximum absolute atomic E-state index is 13.2. The molecule has 1 aromatic carbocycles. The van der Waals surface area contributed by atoms with Gasteiger partial charge in [0, 0.05) is 31.2 Å². The Balaban J connectivity index is 2.17. The average Bonchev–Trinajstić information content (AvgIpc) is 3.14. The molecule has 0 unspecified atom stereocenters. The van der Waals surface area contributed by atoms with Gasteiger partial charge in [-0.3, -0.25) is 4.79 Å². The van der Waals surface area contributed by atoms with E-state index in [1.807, 2.05) is 55.6 Å². The second-order valence-corrected chi connectivity index (χ2v) is 10.3. The van der Waals surface area contributed by atoms with Gasteiger partial charge in [-0.05, 0) is 49.8 Å². The zero-order valence-corrected chi connectivity index (χ0v) is 19.7. The van der Waals surface area contributed by atoms with Crippen LogP contribution in [-0.4, -0.2) is 55.6 Å². The van der Waals surface area contributed by atoms with E-state index in [4.69, 9.17) is 4.74 Å². The number of hydrogen-bond donors (Lipinski definition) is 0. The van der Waals surface area contributed by atoms with Gasteiger partial charge < -0.3 is 9.64 Å². The van der Waals surface area contributed by atoms with Crippen LogP contribution in [0.1, 0.15) is 36.3 Å². The van der Waals surface area contributed by atoms with Gasteiger partial charge in [0.2, 0.25) is 15.9 Å². The Bertz CT molecular complexity index is 882. The summed E-state index contributed by atoms with van der Waals surface area (Å²) in [6.07, 6.45) is 0.559. The van der Waals surface area contributed by atoms with Crippen LogP contribution in [0.3, 0.4) is 0 Å². The van der Waals surface area contributed by atoms with Crippen molar-refractivity contribution in [1.29, 1.82) is 0 Å². The predicted octanol–water partition coefficient (Wildman–Crippen LogP) is 3.66. The number of benzene rings is 1. The molecule has 1 heterocycles. The molecular formula is C22H32N2O4S2. The van der Waals surface area contributed by atoms with Gasteiger partial charge in [0.1, 0.15) is 0 Å². The lowest BCUT2D eigenvalue weighted by Crippen LogP contribution is -2.43. The molecule has 8 heteroatoms. The normalized spacial score (nSPS) is 11.7. The van der Waals surface area contributed by atoms with Crippen LogP contribution in [0, 0.1) is 6.92 Å². The zero-order chi connectivity index (χ0) is 22.0. The molecule has 0 saturated heterocycles. The van der Waals surface area contributed by atoms with Crippen molar-refractivity contribution in [3.8, 4) is 0 Å². The Labute approximate surface area is 184 Å². The van der Waals surface area contributed by atoms with Crippen molar-refractivity contribution in [1.82, 2.24) is 9.21 Å². The number of hydrogen-bond acceptors (Lipinski definition) is 5. The molecule has 30 heavy (non-hydrogen) atoms. The number of rotatable bonds is 13. The molecule has 1 amide bonds. The topological polar surface area (TPSA) is 66.9 Å². The Hall–Kier alpha value is -1.74. The second-order valence-electron chi connectivity index (χ2n) is 7.05. The molecule has 166 valence electrons. The van der Waals surface area contributed by atoms with Gasteiger partial charge in [0.05, 0.1) is 18.8 Å². The summed E-state index contributed by atoms with van der Waals surface area (Å²) in [5.74, 6) is -0.224. The first-order valence-corrected chi connectivity index (χ1v) is 12.8. The molecule has 0 aliphatic heterocycles. The molecule has 1 aromatic heterocycles. The van der Waals surface area contributed by atoms with E-state index >= 15 is 0 Å². The van der Waals surface area contributed by atoms with Crippen molar-refractivity contribution in [3.63, 3.8) is 0 Å². The van der Waals surface area contributed by atoms with Crippen molar-refractivity contribution in [3.05, 3.63) is 57.8 Å². The standard InChI is InChI=1S/C22H32N2O4S2/c1-4-28-14-9-13-24(30(26,27)5-2)18-22(25)23(16-20-10-7-6-8-11-20)17-21-19(3)12-15-29-21/h6-8,10-12,15H,4-5,9,13-14,16-18H2,1-3H3. The molecule has 0 aliphatic rings. The maximum atomic E-state index is 13.2. The monoisotopic (exact) mass is 452 g/mol. The largest absolute Gasteiger partial charge is 0.382 e. The maximum Gasteiger partial charge on any atom is 0.238 e. The molecule has 0 atom stereocenters. The van der Waals surface area contributed by atoms with Crippen LogP contribution in [0.4, 0.5) is 0 Å². The van der Waals surface area contributed by atoms with Gasteiger partial charge in [-0.15, -0.1) is 11.3 Å². The fourth-order valence-corrected chi connectivity index (χ4v) is 5.01. The highest BCUT2D eigenvalue weighted by molar-refractivity contribution is 7.89. The first kappa shape index (κ1) is 24.5. The third-order valence-corrected chi connectivity index (χ3v) is 7.68. The molecule has 0 aliphatic carbocycles. The highest BCUT2D eigenvalue weighted by Gasteiger charge is 2.26. The molecule has 0 bridgehead atoms. The highest BCUT2D eigenvalue weighted by Crippen LogP contribution is 2.20. The number of nitrogens with zero attached hydrogens (tertiary/aromatic N) is 2. The molecule has 0 fully saturated rings. The summed E-state index contributed by atoms with van der Waals surface area (Å²) in [5, 5.41) is 2.01. The molecule has 6 nitrogen and oxygen atoms in total. The van der Waals surface area contributed by atoms with Crippen LogP contribution in [0.5, 0.6) is 0 Å². The summed E-state index contributed by atoms with van der Waals surface area (Å²) in [6, 6.07) is 11.8. The summed E-state index contributed by atoms with van der Waals surface area (Å²) in [5.41, 5.74) is 2.15. The minimum Gasteiger partial charge on any atom is -0.382 e. The first-order valence-electron chi connectivity index (χ1n) is 10.3. The van der Waals surface area contributed by atoms with Crippen molar-refractivity contribution in [2.75, 3.05) is 32.1 Å². The van der Waals surface area contributed by atoms with Crippen molar-refractivity contribution >= 4 is 27.3 Å². The fraction of sp³-hybridized carbons (Fsp3) is 0.500. The van der Waals surface area contributed by atoms with E-state index in [0.717, 1.165) is 16.0 Å². The third kappa shape index (κ3) is 7.50. The minimum atomic E-state index is -3.49. The Morgan fingerprint density at radius 3 is 2.43 bits per heavy atom. The molecule has 0 spiro atoms. The van der Waals surface area contributed by atoms with Gasteiger partial charge in [0.25, 0.3) is 0 Å². The molecule has 0 radical (unpaired) electrons. The number of aryl methyl sites for hydroxylation is 1. The minimum absolute atomic E-state index is 0.0301. The van der Waals surface area contributed by atoms with Crippen LogP contribution in [0.2, 0.25) is 0 Å². The molecule has 0 N–H and O–H groups in total. The molecular weight excluding hydrogens is 420 g/mol. The van der Waals surface area contributed by atoms with E-state index in [2.05, 4.69) is 0 Å². The number of carbonyl (C=O) groups is 1. The van der Waals surface area contributed by atoms with E-state index in [1.165, 1.54) is 4.31 Å². The summed E-state index contributed by atoms with van der Waals surface area (Å²) in [7, 11) is -3.49. The second kappa shape index (κ2) is 12.2. The zero-order valence-electron chi connectivity index (χ0n) is 18.0. The summed E-state index contributed by atoms with van der Waals surface area (Å²) in [6.45, 7) is 7.63. The van der Waals surface area contributed by atoms with Gasteiger partial charge in [-0.1, -0.05) is 30.3 Å². The van der Waals surface area contributed by atoms with E-state index < -0.39 is 10.0 Å². The van der Waals surface area contributed by atoms with Crippen molar-refractivity contribution in [2.45, 2.75) is 40.3 Å². The smallest absolute Gasteiger partial charge is 0.238 e. The molecule has 2 aromatic rings. The average molecular weight is 453 g/mol. The SMILES string of the molecule is CCOCCCN(CC(=O)N(Cc1ccccc1)Cc1sccc1C)S(=O)(=O)CC. The quantitative estimate of drug-likeness (QED) is 0.435. The van der Waals surface area contributed by atoms with Crippen LogP contribution in [0.15, 0.2) is 41.8 Å². The van der Waals surface area contributed by atoms with E-state index in [0.29, 0.717) is 32.7 Å². The van der Waals surface area contributed by atoms with E-state index in [1.54, 1.807) is 23.2 Å². The Kier molecular flexibility index (Phi) is 9.97. The Morgan fingerprint density at radius 2 is 1.83 bits per heavy atom. The van der Waals surface area contributed by atoms with Gasteiger partial charge in [0.15, 0.2) is 0 Å². The number of amides is 1. The molecule has 2 rings (SSSR count). The van der Waals surface area contributed by atoms with Crippen LogP contribution in [-0.2, 0) is 32.6 Å². The highest BCUT2D eigenvalue weighted by atomic mass is 32.2. The lowest BCUT2D eigenvalue weighted by molar-refractivity contribution is -0.132. The number of sulfonamides is 1. The van der Waals surface area contributed by atoms with Gasteiger partial charge in [-0.25, -0.2) is 8.42 Å². The van der Waals surface area contributed by atoms with Crippen LogP contribution >= 0.6 is 11.3 Å². The lowest BCUT2D eigenvalue weighted by atomic mass is 10.2. The third-order valence-electron chi connectivity index (χ3n) is 4.84. The lowest BCUT2D eigenvalue weighted by Gasteiger charge is -2.27. The summed E-state index contributed by atoms with van der Waals surface area (Å²) >= 11 is 1.61. The molecule has 0 saturated carbocycles. The van der Waals surface area contributed by atoms with E-state index in [9.17, 15) is 13.2 Å². The summed E-state index contributed by atoms with van der Waals surface area (Å²) in [4.78, 5) is 16.1. The van der Waals surface area contributed by atoms with Gasteiger partial charge in [-0.2, -0.15) is 4.31 Å². The Morgan fingerprint density at radius 1 is 1.10 bits per heavy atom. The van der Waals surface area contributed by atoms with Gasteiger partial charge >= 0.3 is 0 Å². The van der Waals surface area contributed by atoms with E-state index in [-0.39, 0.29) is 24.7 Å². The van der Waals surface area contributed by atoms with Crippen molar-refractivity contribution < 1.29 is 17.9 Å². The number of ether oxygens (including phenoxy) is 1. The predicted molar refractivity (Wildman–Crippen MR) is 122 cm³/mol. The summed E-state index contributed by atoms with van der Waals surface area (Å²) < 4.78 is 31.8. The van der Waals surface area contributed by atoms with Crippen LogP contribution < -0.4 is 0 Å². The van der Waals surface area contributed by atoms with Crippen molar-refractivity contribution in [2.24, 2.45) is 0 Å². The number of carbonyl (C=O) groups excluding carboxylic acids is 1. The van der Waals surface area contributed by atoms with Crippen LogP contribution in [0.25, 0.3) is 0 Å². The number of thiophene rings is 1. The fourth-order valence-electron chi connectivity index (χ4n) is 3.01. The first-order chi connectivity index (χ1) is 14.4.